The SMILES string of the molecule is CNC(=O)NS(=O)(=O)c1cc(C)c(CCNC(=O)c2cc(Cl)ccc2OC)s1. The van der Waals surface area contributed by atoms with Crippen molar-refractivity contribution in [1.29, 1.82) is 0 Å². The van der Waals surface area contributed by atoms with Gasteiger partial charge < -0.3 is 15.4 Å². The number of aryl methyl sites for hydroxylation is 1. The first-order chi connectivity index (χ1) is 13.2. The van der Waals surface area contributed by atoms with E-state index in [1.165, 1.54) is 26.3 Å². The molecule has 0 aliphatic carbocycles. The summed E-state index contributed by atoms with van der Waals surface area (Å²) in [5, 5.41) is 5.38. The van der Waals surface area contributed by atoms with Gasteiger partial charge in [-0.1, -0.05) is 11.6 Å². The Hall–Kier alpha value is -2.30. The van der Waals surface area contributed by atoms with Crippen molar-refractivity contribution < 1.29 is 22.7 Å². The molecule has 0 spiro atoms. The molecule has 0 atom stereocenters. The molecule has 0 unspecified atom stereocenters. The maximum absolute atomic E-state index is 12.4. The highest BCUT2D eigenvalue weighted by Gasteiger charge is 2.21. The molecule has 2 aromatic rings. The van der Waals surface area contributed by atoms with Gasteiger partial charge in [-0.15, -0.1) is 11.3 Å². The van der Waals surface area contributed by atoms with E-state index in [4.69, 9.17) is 16.3 Å². The molecule has 152 valence electrons. The molecule has 1 aromatic carbocycles. The Balaban J connectivity index is 2.04. The van der Waals surface area contributed by atoms with Crippen LogP contribution in [0, 0.1) is 6.92 Å². The lowest BCUT2D eigenvalue weighted by molar-refractivity contribution is 0.0951. The maximum atomic E-state index is 12.4. The van der Waals surface area contributed by atoms with Gasteiger partial charge in [0, 0.05) is 23.5 Å². The predicted molar refractivity (Wildman–Crippen MR) is 108 cm³/mol. The molecule has 0 bridgehead atoms. The van der Waals surface area contributed by atoms with Gasteiger partial charge in [0.2, 0.25) is 0 Å². The molecule has 8 nitrogen and oxygen atoms in total. The van der Waals surface area contributed by atoms with Crippen LogP contribution in [0.3, 0.4) is 0 Å². The summed E-state index contributed by atoms with van der Waals surface area (Å²) in [4.78, 5) is 24.4. The van der Waals surface area contributed by atoms with Crippen LogP contribution in [0.4, 0.5) is 4.79 Å². The molecule has 1 aromatic heterocycles. The number of amides is 3. The molecule has 0 radical (unpaired) electrons. The van der Waals surface area contributed by atoms with Crippen LogP contribution in [0.1, 0.15) is 20.8 Å². The summed E-state index contributed by atoms with van der Waals surface area (Å²) < 4.78 is 31.5. The molecule has 11 heteroatoms. The Morgan fingerprint density at radius 1 is 1.25 bits per heavy atom. The second-order valence-electron chi connectivity index (χ2n) is 5.71. The van der Waals surface area contributed by atoms with E-state index >= 15 is 0 Å². The van der Waals surface area contributed by atoms with Crippen molar-refractivity contribution in [3.05, 3.63) is 45.3 Å². The summed E-state index contributed by atoms with van der Waals surface area (Å²) in [5.41, 5.74) is 1.08. The number of sulfonamides is 1. The second kappa shape index (κ2) is 9.26. The zero-order valence-corrected chi connectivity index (χ0v) is 17.8. The number of methoxy groups -OCH3 is 1. The van der Waals surface area contributed by atoms with Crippen LogP contribution in [0.2, 0.25) is 5.02 Å². The van der Waals surface area contributed by atoms with Gasteiger partial charge in [-0.05, 0) is 43.2 Å². The van der Waals surface area contributed by atoms with Crippen molar-refractivity contribution in [2.45, 2.75) is 17.6 Å². The van der Waals surface area contributed by atoms with E-state index in [1.807, 2.05) is 4.72 Å². The molecule has 0 saturated carbocycles. The third-order valence-electron chi connectivity index (χ3n) is 3.76. The lowest BCUT2D eigenvalue weighted by Crippen LogP contribution is -2.36. The number of rotatable bonds is 7. The molecule has 0 aliphatic heterocycles. The highest BCUT2D eigenvalue weighted by molar-refractivity contribution is 7.92. The number of hydrogen-bond acceptors (Lipinski definition) is 6. The molecular formula is C17H20ClN3O5S2. The Bertz CT molecular complexity index is 989. The van der Waals surface area contributed by atoms with Gasteiger partial charge in [0.25, 0.3) is 15.9 Å². The van der Waals surface area contributed by atoms with E-state index < -0.39 is 16.1 Å². The number of nitrogens with one attached hydrogen (secondary N) is 3. The second-order valence-corrected chi connectivity index (χ2v) is 9.19. The van der Waals surface area contributed by atoms with Gasteiger partial charge >= 0.3 is 6.03 Å². The number of benzene rings is 1. The first kappa shape index (κ1) is 22.0. The predicted octanol–water partition coefficient (Wildman–Crippen LogP) is 2.31. The minimum absolute atomic E-state index is 0.0337. The number of halogens is 1. The molecule has 0 fully saturated rings. The standard InChI is InChI=1S/C17H20ClN3O5S2/c1-10-8-15(28(24,25)21-17(23)19-2)27-14(10)6-7-20-16(22)12-9-11(18)4-5-13(12)26-3/h4-5,8-9H,6-7H2,1-3H3,(H,20,22)(H2,19,21,23). The maximum Gasteiger partial charge on any atom is 0.328 e. The summed E-state index contributed by atoms with van der Waals surface area (Å²) in [7, 11) is -1.14. The minimum atomic E-state index is -3.93. The molecule has 28 heavy (non-hydrogen) atoms. The zero-order valence-electron chi connectivity index (χ0n) is 15.5. The van der Waals surface area contributed by atoms with E-state index in [0.717, 1.165) is 21.8 Å². The number of ether oxygens (including phenoxy) is 1. The fraction of sp³-hybridized carbons (Fsp3) is 0.294. The summed E-state index contributed by atoms with van der Waals surface area (Å²) in [6.45, 7) is 2.06. The number of thiophene rings is 1. The van der Waals surface area contributed by atoms with Crippen LogP contribution in [-0.2, 0) is 16.4 Å². The van der Waals surface area contributed by atoms with E-state index in [-0.39, 0.29) is 16.7 Å². The van der Waals surface area contributed by atoms with Gasteiger partial charge in [-0.3, -0.25) is 4.79 Å². The quantitative estimate of drug-likeness (QED) is 0.605. The lowest BCUT2D eigenvalue weighted by atomic mass is 10.2. The molecule has 0 saturated heterocycles. The topological polar surface area (TPSA) is 114 Å². The molecule has 3 N–H and O–H groups in total. The van der Waals surface area contributed by atoms with Crippen molar-refractivity contribution in [1.82, 2.24) is 15.4 Å². The highest BCUT2D eigenvalue weighted by atomic mass is 35.5. The third kappa shape index (κ3) is 5.37. The molecular weight excluding hydrogens is 426 g/mol. The van der Waals surface area contributed by atoms with Crippen molar-refractivity contribution >= 4 is 44.9 Å². The normalized spacial score (nSPS) is 11.0. The fourth-order valence-electron chi connectivity index (χ4n) is 2.34. The van der Waals surface area contributed by atoms with Crippen LogP contribution in [0.25, 0.3) is 0 Å². The van der Waals surface area contributed by atoms with Crippen LogP contribution < -0.4 is 20.1 Å². The van der Waals surface area contributed by atoms with Gasteiger partial charge in [0.1, 0.15) is 9.96 Å². The smallest absolute Gasteiger partial charge is 0.328 e. The van der Waals surface area contributed by atoms with Gasteiger partial charge in [0.15, 0.2) is 0 Å². The van der Waals surface area contributed by atoms with Crippen LogP contribution in [-0.4, -0.2) is 41.1 Å². The largest absolute Gasteiger partial charge is 0.496 e. The Kier molecular flexibility index (Phi) is 7.28. The fourth-order valence-corrected chi connectivity index (χ4v) is 5.05. The van der Waals surface area contributed by atoms with E-state index in [0.29, 0.717) is 22.8 Å². The number of carbonyl (C=O) groups excluding carboxylic acids is 2. The summed E-state index contributed by atoms with van der Waals surface area (Å²) in [6, 6.07) is 5.43. The van der Waals surface area contributed by atoms with Crippen LogP contribution in [0.15, 0.2) is 28.5 Å². The molecule has 3 amide bonds. The molecule has 1 heterocycles. The third-order valence-corrected chi connectivity index (χ3v) is 7.10. The van der Waals surface area contributed by atoms with Crippen molar-refractivity contribution in [3.63, 3.8) is 0 Å². The van der Waals surface area contributed by atoms with Crippen LogP contribution >= 0.6 is 22.9 Å². The molecule has 2 rings (SSSR count). The Morgan fingerprint density at radius 3 is 2.61 bits per heavy atom. The first-order valence-electron chi connectivity index (χ1n) is 8.13. The monoisotopic (exact) mass is 445 g/mol. The van der Waals surface area contributed by atoms with E-state index in [9.17, 15) is 18.0 Å². The number of carbonyl (C=O) groups is 2. The van der Waals surface area contributed by atoms with Gasteiger partial charge in [-0.25, -0.2) is 17.9 Å². The average Bonchev–Trinajstić information content (AvgIpc) is 3.03. The number of urea groups is 1. The minimum Gasteiger partial charge on any atom is -0.496 e. The van der Waals surface area contributed by atoms with Crippen LogP contribution in [0.5, 0.6) is 5.75 Å². The van der Waals surface area contributed by atoms with Crippen molar-refractivity contribution in [2.24, 2.45) is 0 Å². The zero-order chi connectivity index (χ0) is 20.9. The summed E-state index contributed by atoms with van der Waals surface area (Å²) in [6.07, 6.45) is 0.431. The van der Waals surface area contributed by atoms with E-state index in [1.54, 1.807) is 19.1 Å². The lowest BCUT2D eigenvalue weighted by Gasteiger charge is -2.09. The summed E-state index contributed by atoms with van der Waals surface area (Å²) in [5.74, 6) is 0.0607. The first-order valence-corrected chi connectivity index (χ1v) is 10.8. The highest BCUT2D eigenvalue weighted by Crippen LogP contribution is 2.26. The Labute approximate surface area is 172 Å². The summed E-state index contributed by atoms with van der Waals surface area (Å²) >= 11 is 6.98. The van der Waals surface area contributed by atoms with Gasteiger partial charge in [-0.2, -0.15) is 0 Å². The number of hydrogen-bond donors (Lipinski definition) is 3. The van der Waals surface area contributed by atoms with Crippen molar-refractivity contribution in [3.8, 4) is 5.75 Å². The van der Waals surface area contributed by atoms with E-state index in [2.05, 4.69) is 10.6 Å². The molecule has 0 aliphatic rings. The van der Waals surface area contributed by atoms with Gasteiger partial charge in [0.05, 0.1) is 12.7 Å². The van der Waals surface area contributed by atoms with Crippen molar-refractivity contribution in [2.75, 3.05) is 20.7 Å². The Morgan fingerprint density at radius 2 is 1.96 bits per heavy atom. The average molecular weight is 446 g/mol.